The fraction of sp³-hybridized carbons (Fsp3) is 0.294. The predicted octanol–water partition coefficient (Wildman–Crippen LogP) is 2.85. The number of benzene rings is 2. The molecule has 1 aliphatic rings. The van der Waals surface area contributed by atoms with Gasteiger partial charge in [0.05, 0.1) is 4.90 Å². The Morgan fingerprint density at radius 1 is 0.870 bits per heavy atom. The Balaban J connectivity index is 1.63. The van der Waals surface area contributed by atoms with Gasteiger partial charge >= 0.3 is 0 Å². The zero-order chi connectivity index (χ0) is 16.3. The lowest BCUT2D eigenvalue weighted by atomic mass is 10.2. The minimum atomic E-state index is -3.43. The van der Waals surface area contributed by atoms with Gasteiger partial charge in [0.2, 0.25) is 10.0 Å². The van der Waals surface area contributed by atoms with Crippen molar-refractivity contribution in [3.05, 3.63) is 65.2 Å². The maximum absolute atomic E-state index is 12.6. The predicted molar refractivity (Wildman–Crippen MR) is 91.9 cm³/mol. The molecule has 1 aliphatic heterocycles. The summed E-state index contributed by atoms with van der Waals surface area (Å²) in [5.74, 6) is 0. The van der Waals surface area contributed by atoms with Crippen molar-refractivity contribution in [2.75, 3.05) is 26.2 Å². The van der Waals surface area contributed by atoms with Gasteiger partial charge in [-0.3, -0.25) is 4.90 Å². The second-order valence-electron chi connectivity index (χ2n) is 5.62. The van der Waals surface area contributed by atoms with Crippen molar-refractivity contribution < 1.29 is 8.42 Å². The molecule has 6 heteroatoms. The van der Waals surface area contributed by atoms with Gasteiger partial charge in [0.15, 0.2) is 0 Å². The molecule has 0 bridgehead atoms. The summed E-state index contributed by atoms with van der Waals surface area (Å²) in [7, 11) is -3.43. The molecule has 0 spiro atoms. The molecular formula is C17H19ClN2O2S. The Bertz CT molecular complexity index is 740. The van der Waals surface area contributed by atoms with Crippen LogP contribution in [0.4, 0.5) is 0 Å². The van der Waals surface area contributed by atoms with Crippen molar-refractivity contribution in [3.63, 3.8) is 0 Å². The summed E-state index contributed by atoms with van der Waals surface area (Å²) in [5, 5.41) is 0.539. The summed E-state index contributed by atoms with van der Waals surface area (Å²) in [6.07, 6.45) is 0. The van der Waals surface area contributed by atoms with Crippen LogP contribution in [0.25, 0.3) is 0 Å². The second-order valence-corrected chi connectivity index (χ2v) is 7.99. The van der Waals surface area contributed by atoms with Crippen LogP contribution in [-0.2, 0) is 16.6 Å². The molecule has 2 aromatic rings. The van der Waals surface area contributed by atoms with Crippen molar-refractivity contribution in [1.82, 2.24) is 9.21 Å². The fourth-order valence-corrected chi connectivity index (χ4v) is 4.27. The van der Waals surface area contributed by atoms with E-state index in [4.69, 9.17) is 11.6 Å². The Hall–Kier alpha value is -1.40. The van der Waals surface area contributed by atoms with Crippen LogP contribution in [-0.4, -0.2) is 43.8 Å². The topological polar surface area (TPSA) is 40.6 Å². The zero-order valence-electron chi connectivity index (χ0n) is 12.7. The number of hydrogen-bond acceptors (Lipinski definition) is 3. The van der Waals surface area contributed by atoms with Crippen molar-refractivity contribution >= 4 is 21.6 Å². The van der Waals surface area contributed by atoms with E-state index in [2.05, 4.69) is 17.0 Å². The molecule has 3 rings (SSSR count). The highest BCUT2D eigenvalue weighted by Gasteiger charge is 2.28. The Kier molecular flexibility index (Phi) is 5.02. The second kappa shape index (κ2) is 7.01. The lowest BCUT2D eigenvalue weighted by Crippen LogP contribution is -2.48. The molecule has 0 aromatic heterocycles. The summed E-state index contributed by atoms with van der Waals surface area (Å²) in [6, 6.07) is 16.6. The van der Waals surface area contributed by atoms with Gasteiger partial charge < -0.3 is 0 Å². The highest BCUT2D eigenvalue weighted by molar-refractivity contribution is 7.89. The Morgan fingerprint density at radius 2 is 1.48 bits per heavy atom. The van der Waals surface area contributed by atoms with Crippen LogP contribution < -0.4 is 0 Å². The van der Waals surface area contributed by atoms with E-state index in [0.29, 0.717) is 23.0 Å². The first-order valence-corrected chi connectivity index (χ1v) is 9.39. The minimum Gasteiger partial charge on any atom is -0.296 e. The number of hydrogen-bond donors (Lipinski definition) is 0. The van der Waals surface area contributed by atoms with E-state index in [1.165, 1.54) is 5.56 Å². The highest BCUT2D eigenvalue weighted by Crippen LogP contribution is 2.20. The quantitative estimate of drug-likeness (QED) is 0.851. The van der Waals surface area contributed by atoms with E-state index < -0.39 is 10.0 Å². The molecule has 0 radical (unpaired) electrons. The van der Waals surface area contributed by atoms with Gasteiger partial charge in [0.25, 0.3) is 0 Å². The number of sulfonamides is 1. The first-order chi connectivity index (χ1) is 11.1. The number of nitrogens with zero attached hydrogens (tertiary/aromatic N) is 2. The molecule has 1 fully saturated rings. The van der Waals surface area contributed by atoms with Crippen molar-refractivity contribution in [2.24, 2.45) is 0 Å². The summed E-state index contributed by atoms with van der Waals surface area (Å²) < 4.78 is 26.8. The fourth-order valence-electron chi connectivity index (χ4n) is 2.73. The molecule has 0 unspecified atom stereocenters. The number of piperazine rings is 1. The summed E-state index contributed by atoms with van der Waals surface area (Å²) in [5.41, 5.74) is 1.25. The van der Waals surface area contributed by atoms with Crippen LogP contribution >= 0.6 is 11.6 Å². The molecule has 0 saturated carbocycles. The van der Waals surface area contributed by atoms with Crippen molar-refractivity contribution in [1.29, 1.82) is 0 Å². The van der Waals surface area contributed by atoms with Gasteiger partial charge in [-0.2, -0.15) is 4.31 Å². The summed E-state index contributed by atoms with van der Waals surface area (Å²) >= 11 is 5.83. The SMILES string of the molecule is O=S(=O)(c1ccc(Cl)cc1)N1CCN(Cc2ccccc2)CC1. The molecule has 0 amide bonds. The molecule has 2 aromatic carbocycles. The normalized spacial score (nSPS) is 17.3. The maximum Gasteiger partial charge on any atom is 0.243 e. The standard InChI is InChI=1S/C17H19ClN2O2S/c18-16-6-8-17(9-7-16)23(21,22)20-12-10-19(11-13-20)14-15-4-2-1-3-5-15/h1-9H,10-14H2. The minimum absolute atomic E-state index is 0.304. The summed E-state index contributed by atoms with van der Waals surface area (Å²) in [4.78, 5) is 2.59. The smallest absolute Gasteiger partial charge is 0.243 e. The lowest BCUT2D eigenvalue weighted by molar-refractivity contribution is 0.181. The van der Waals surface area contributed by atoms with Gasteiger partial charge in [0, 0.05) is 37.7 Å². The highest BCUT2D eigenvalue weighted by atomic mass is 35.5. The monoisotopic (exact) mass is 350 g/mol. The molecular weight excluding hydrogens is 332 g/mol. The largest absolute Gasteiger partial charge is 0.296 e. The van der Waals surface area contributed by atoms with E-state index in [1.807, 2.05) is 18.2 Å². The van der Waals surface area contributed by atoms with Gasteiger partial charge in [0.1, 0.15) is 0 Å². The molecule has 0 atom stereocenters. The van der Waals surface area contributed by atoms with Crippen LogP contribution in [0.1, 0.15) is 5.56 Å². The van der Waals surface area contributed by atoms with Gasteiger partial charge in [-0.05, 0) is 29.8 Å². The Morgan fingerprint density at radius 3 is 2.09 bits per heavy atom. The van der Waals surface area contributed by atoms with E-state index in [1.54, 1.807) is 28.6 Å². The van der Waals surface area contributed by atoms with E-state index in [0.717, 1.165) is 19.6 Å². The van der Waals surface area contributed by atoms with E-state index >= 15 is 0 Å². The third-order valence-electron chi connectivity index (χ3n) is 4.03. The third-order valence-corrected chi connectivity index (χ3v) is 6.20. The molecule has 1 saturated heterocycles. The van der Waals surface area contributed by atoms with Gasteiger partial charge in [-0.15, -0.1) is 0 Å². The molecule has 23 heavy (non-hydrogen) atoms. The molecule has 0 aliphatic carbocycles. The molecule has 0 N–H and O–H groups in total. The lowest BCUT2D eigenvalue weighted by Gasteiger charge is -2.34. The zero-order valence-corrected chi connectivity index (χ0v) is 14.3. The average Bonchev–Trinajstić information content (AvgIpc) is 2.57. The van der Waals surface area contributed by atoms with E-state index in [9.17, 15) is 8.42 Å². The first kappa shape index (κ1) is 16.5. The van der Waals surface area contributed by atoms with Crippen LogP contribution in [0, 0.1) is 0 Å². The number of halogens is 1. The molecule has 1 heterocycles. The van der Waals surface area contributed by atoms with Crippen LogP contribution in [0.2, 0.25) is 5.02 Å². The maximum atomic E-state index is 12.6. The molecule has 4 nitrogen and oxygen atoms in total. The van der Waals surface area contributed by atoms with Gasteiger partial charge in [-0.25, -0.2) is 8.42 Å². The van der Waals surface area contributed by atoms with Crippen LogP contribution in [0.5, 0.6) is 0 Å². The van der Waals surface area contributed by atoms with Crippen LogP contribution in [0.3, 0.4) is 0 Å². The molecule has 122 valence electrons. The first-order valence-electron chi connectivity index (χ1n) is 7.58. The van der Waals surface area contributed by atoms with E-state index in [-0.39, 0.29) is 0 Å². The van der Waals surface area contributed by atoms with Crippen molar-refractivity contribution in [3.8, 4) is 0 Å². The third kappa shape index (κ3) is 3.93. The average molecular weight is 351 g/mol. The summed E-state index contributed by atoms with van der Waals surface area (Å²) in [6.45, 7) is 3.36. The van der Waals surface area contributed by atoms with Gasteiger partial charge in [-0.1, -0.05) is 41.9 Å². The van der Waals surface area contributed by atoms with Crippen LogP contribution in [0.15, 0.2) is 59.5 Å². The Labute approximate surface area is 142 Å². The number of rotatable bonds is 4. The van der Waals surface area contributed by atoms with Crippen molar-refractivity contribution in [2.45, 2.75) is 11.4 Å².